The van der Waals surface area contributed by atoms with Crippen LogP contribution in [0.1, 0.15) is 41.9 Å². The second kappa shape index (κ2) is 8.84. The first-order valence-electron chi connectivity index (χ1n) is 10.4. The van der Waals surface area contributed by atoms with Crippen molar-refractivity contribution < 1.29 is 27.1 Å². The summed E-state index contributed by atoms with van der Waals surface area (Å²) in [7, 11) is -0.765. The van der Waals surface area contributed by atoms with Gasteiger partial charge in [0.05, 0.1) is 20.3 Å². The van der Waals surface area contributed by atoms with Gasteiger partial charge in [0.2, 0.25) is 10.0 Å². The van der Waals surface area contributed by atoms with E-state index in [1.807, 2.05) is 18.2 Å². The molecule has 1 amide bonds. The van der Waals surface area contributed by atoms with Crippen molar-refractivity contribution in [2.24, 2.45) is 0 Å². The van der Waals surface area contributed by atoms with E-state index in [2.05, 4.69) is 5.32 Å². The van der Waals surface area contributed by atoms with Crippen LogP contribution >= 0.6 is 0 Å². The molecule has 4 rings (SSSR count). The van der Waals surface area contributed by atoms with Gasteiger partial charge in [0.1, 0.15) is 16.4 Å². The second-order valence-corrected chi connectivity index (χ2v) is 9.61. The van der Waals surface area contributed by atoms with Crippen LogP contribution in [0.4, 0.5) is 0 Å². The first-order chi connectivity index (χ1) is 15.3. The van der Waals surface area contributed by atoms with Gasteiger partial charge >= 0.3 is 0 Å². The molecule has 2 heterocycles. The van der Waals surface area contributed by atoms with Crippen LogP contribution in [0.3, 0.4) is 0 Å². The summed E-state index contributed by atoms with van der Waals surface area (Å²) in [5, 5.41) is 3.74. The van der Waals surface area contributed by atoms with E-state index in [0.717, 1.165) is 18.2 Å². The average molecular weight is 459 g/mol. The van der Waals surface area contributed by atoms with Crippen LogP contribution < -0.4 is 14.8 Å². The molecule has 32 heavy (non-hydrogen) atoms. The van der Waals surface area contributed by atoms with Gasteiger partial charge in [-0.2, -0.15) is 4.31 Å². The minimum Gasteiger partial charge on any atom is -0.495 e. The molecule has 1 fully saturated rings. The summed E-state index contributed by atoms with van der Waals surface area (Å²) >= 11 is 0. The Balaban J connectivity index is 1.59. The largest absolute Gasteiger partial charge is 0.495 e. The molecule has 1 aliphatic rings. The molecule has 0 bridgehead atoms. The fourth-order valence-corrected chi connectivity index (χ4v) is 5.57. The standard InChI is InChI=1S/C23H26N2O6S/c1-15(20-13-16-7-6-8-19(30-3)22(16)31-20)24-23(26)17-9-10-18(29-2)21(14-17)32(27,28)25-11-4-5-12-25/h6-10,13-15H,4-5,11-12H2,1-3H3,(H,24,26). The maximum Gasteiger partial charge on any atom is 0.251 e. The minimum absolute atomic E-state index is 0.00400. The van der Waals surface area contributed by atoms with Gasteiger partial charge in [-0.25, -0.2) is 8.42 Å². The lowest BCUT2D eigenvalue weighted by Gasteiger charge is -2.18. The van der Waals surface area contributed by atoms with E-state index in [4.69, 9.17) is 13.9 Å². The molecule has 0 radical (unpaired) electrons. The van der Waals surface area contributed by atoms with Crippen molar-refractivity contribution in [1.29, 1.82) is 0 Å². The Labute approximate surface area is 187 Å². The number of amides is 1. The lowest BCUT2D eigenvalue weighted by molar-refractivity contribution is 0.0935. The van der Waals surface area contributed by atoms with Crippen molar-refractivity contribution >= 4 is 26.9 Å². The topological polar surface area (TPSA) is 98.1 Å². The van der Waals surface area contributed by atoms with Crippen LogP contribution in [0.15, 0.2) is 51.8 Å². The molecule has 1 aliphatic heterocycles. The van der Waals surface area contributed by atoms with Gasteiger partial charge in [0.25, 0.3) is 5.91 Å². The van der Waals surface area contributed by atoms with E-state index in [0.29, 0.717) is 30.2 Å². The fraction of sp³-hybridized carbons (Fsp3) is 0.348. The minimum atomic E-state index is -3.75. The monoisotopic (exact) mass is 458 g/mol. The smallest absolute Gasteiger partial charge is 0.251 e. The van der Waals surface area contributed by atoms with Gasteiger partial charge in [-0.1, -0.05) is 12.1 Å². The summed E-state index contributed by atoms with van der Waals surface area (Å²) < 4.78 is 44.1. The van der Waals surface area contributed by atoms with Crippen molar-refractivity contribution in [3.8, 4) is 11.5 Å². The van der Waals surface area contributed by atoms with Crippen LogP contribution in [-0.4, -0.2) is 45.9 Å². The summed E-state index contributed by atoms with van der Waals surface area (Å²) in [5.41, 5.74) is 0.832. The molecule has 0 saturated carbocycles. The summed E-state index contributed by atoms with van der Waals surface area (Å²) in [6, 6.07) is 11.4. The maximum atomic E-state index is 13.1. The highest BCUT2D eigenvalue weighted by Gasteiger charge is 2.31. The van der Waals surface area contributed by atoms with Gasteiger partial charge in [0.15, 0.2) is 11.3 Å². The third kappa shape index (κ3) is 4.05. The molecule has 9 heteroatoms. The third-order valence-electron chi connectivity index (χ3n) is 5.63. The number of ether oxygens (including phenoxy) is 2. The molecule has 1 N–H and O–H groups in total. The lowest BCUT2D eigenvalue weighted by Crippen LogP contribution is -2.29. The summed E-state index contributed by atoms with van der Waals surface area (Å²) in [4.78, 5) is 12.9. The van der Waals surface area contributed by atoms with E-state index in [1.54, 1.807) is 26.2 Å². The Bertz CT molecular complexity index is 1240. The van der Waals surface area contributed by atoms with Gasteiger partial charge in [-0.3, -0.25) is 4.79 Å². The molecule has 0 aliphatic carbocycles. The van der Waals surface area contributed by atoms with Gasteiger partial charge in [-0.15, -0.1) is 0 Å². The normalized spacial score (nSPS) is 15.6. The molecule has 2 aromatic carbocycles. The van der Waals surface area contributed by atoms with E-state index in [1.165, 1.54) is 23.5 Å². The molecule has 3 aromatic rings. The second-order valence-electron chi connectivity index (χ2n) is 7.70. The zero-order chi connectivity index (χ0) is 22.9. The van der Waals surface area contributed by atoms with Gasteiger partial charge in [-0.05, 0) is 50.1 Å². The number of furan rings is 1. The fourth-order valence-electron chi connectivity index (χ4n) is 3.87. The Kier molecular flexibility index (Phi) is 6.12. The SMILES string of the molecule is COc1ccc(C(=O)NC(C)c2cc3cccc(OC)c3o2)cc1S(=O)(=O)N1CCCC1. The molecule has 0 spiro atoms. The van der Waals surface area contributed by atoms with Gasteiger partial charge in [0, 0.05) is 24.0 Å². The van der Waals surface area contributed by atoms with Gasteiger partial charge < -0.3 is 19.2 Å². The zero-order valence-corrected chi connectivity index (χ0v) is 19.1. The highest BCUT2D eigenvalue weighted by molar-refractivity contribution is 7.89. The van der Waals surface area contributed by atoms with Crippen molar-refractivity contribution in [2.45, 2.75) is 30.7 Å². The molecule has 1 saturated heterocycles. The van der Waals surface area contributed by atoms with Crippen molar-refractivity contribution in [3.05, 3.63) is 53.8 Å². The molecule has 8 nitrogen and oxygen atoms in total. The predicted molar refractivity (Wildman–Crippen MR) is 120 cm³/mol. The quantitative estimate of drug-likeness (QED) is 0.579. The number of hydrogen-bond acceptors (Lipinski definition) is 6. The van der Waals surface area contributed by atoms with E-state index in [-0.39, 0.29) is 16.2 Å². The number of carbonyl (C=O) groups excluding carboxylic acids is 1. The van der Waals surface area contributed by atoms with Crippen LogP contribution in [0.5, 0.6) is 11.5 Å². The van der Waals surface area contributed by atoms with E-state index < -0.39 is 22.0 Å². The van der Waals surface area contributed by atoms with E-state index >= 15 is 0 Å². The zero-order valence-electron chi connectivity index (χ0n) is 18.3. The summed E-state index contributed by atoms with van der Waals surface area (Å²) in [5.74, 6) is 0.979. The number of carbonyl (C=O) groups is 1. The predicted octanol–water partition coefficient (Wildman–Crippen LogP) is 3.73. The third-order valence-corrected chi connectivity index (χ3v) is 7.55. The number of methoxy groups -OCH3 is 2. The van der Waals surface area contributed by atoms with Crippen LogP contribution in [0, 0.1) is 0 Å². The number of nitrogens with zero attached hydrogens (tertiary/aromatic N) is 1. The first-order valence-corrected chi connectivity index (χ1v) is 11.8. The lowest BCUT2D eigenvalue weighted by atomic mass is 10.1. The van der Waals surface area contributed by atoms with Crippen molar-refractivity contribution in [1.82, 2.24) is 9.62 Å². The Morgan fingerprint density at radius 1 is 1.06 bits per heavy atom. The van der Waals surface area contributed by atoms with Crippen LogP contribution in [-0.2, 0) is 10.0 Å². The highest BCUT2D eigenvalue weighted by atomic mass is 32.2. The molecular weight excluding hydrogens is 432 g/mol. The Hall–Kier alpha value is -3.04. The Morgan fingerprint density at radius 2 is 1.78 bits per heavy atom. The number of nitrogens with one attached hydrogen (secondary N) is 1. The number of benzene rings is 2. The van der Waals surface area contributed by atoms with E-state index in [9.17, 15) is 13.2 Å². The number of para-hydroxylation sites is 1. The molecular formula is C23H26N2O6S. The number of hydrogen-bond donors (Lipinski definition) is 1. The molecule has 170 valence electrons. The Morgan fingerprint density at radius 3 is 2.47 bits per heavy atom. The number of fused-ring (bicyclic) bond motifs is 1. The highest BCUT2D eigenvalue weighted by Crippen LogP contribution is 2.32. The van der Waals surface area contributed by atoms with Crippen molar-refractivity contribution in [3.63, 3.8) is 0 Å². The number of sulfonamides is 1. The summed E-state index contributed by atoms with van der Waals surface area (Å²) in [6.45, 7) is 2.73. The first kappa shape index (κ1) is 22.2. The average Bonchev–Trinajstić information content (AvgIpc) is 3.48. The number of rotatable bonds is 7. The maximum absolute atomic E-state index is 13.1. The molecule has 1 atom stereocenters. The van der Waals surface area contributed by atoms with Crippen LogP contribution in [0.25, 0.3) is 11.0 Å². The van der Waals surface area contributed by atoms with Crippen molar-refractivity contribution in [2.75, 3.05) is 27.3 Å². The molecule has 1 unspecified atom stereocenters. The molecule has 1 aromatic heterocycles. The van der Waals surface area contributed by atoms with Crippen LogP contribution in [0.2, 0.25) is 0 Å². The summed E-state index contributed by atoms with van der Waals surface area (Å²) in [6.07, 6.45) is 1.64.